The van der Waals surface area contributed by atoms with Crippen LogP contribution in [0.3, 0.4) is 0 Å². The van der Waals surface area contributed by atoms with Gasteiger partial charge in [-0.05, 0) is 50.2 Å². The quantitative estimate of drug-likeness (QED) is 0.0374. The van der Waals surface area contributed by atoms with Gasteiger partial charge in [-0.1, -0.05) is 13.8 Å². The molecule has 0 saturated carbocycles. The molecule has 0 aromatic heterocycles. The van der Waals surface area contributed by atoms with Gasteiger partial charge in [-0.3, -0.25) is 28.8 Å². The molecule has 12 N–H and O–H groups in total. The van der Waals surface area contributed by atoms with Crippen molar-refractivity contribution in [1.82, 2.24) is 26.6 Å². The number of carboxylic acid groups (broad SMARTS) is 2. The average molecular weight is 682 g/mol. The van der Waals surface area contributed by atoms with Crippen molar-refractivity contribution in [2.45, 2.75) is 82.2 Å². The molecule has 0 aliphatic carbocycles. The first-order valence-corrected chi connectivity index (χ1v) is 16.3. The maximum Gasteiger partial charge on any atom is 0.326 e. The Bertz CT molecular complexity index is 1020. The number of aliphatic hydroxyl groups is 1. The molecule has 0 unspecified atom stereocenters. The molecule has 0 bridgehead atoms. The predicted octanol–water partition coefficient (Wildman–Crippen LogP) is -3.24. The lowest BCUT2D eigenvalue weighted by Crippen LogP contribution is -2.60. The zero-order valence-electron chi connectivity index (χ0n) is 25.6. The molecule has 5 amide bonds. The summed E-state index contributed by atoms with van der Waals surface area (Å²) in [4.78, 5) is 87.1. The zero-order chi connectivity index (χ0) is 34.7. The Balaban J connectivity index is 5.75. The van der Waals surface area contributed by atoms with Gasteiger partial charge in [0.25, 0.3) is 0 Å². The molecule has 6 atom stereocenters. The summed E-state index contributed by atoms with van der Waals surface area (Å²) >= 11 is 5.52. The molecule has 258 valence electrons. The van der Waals surface area contributed by atoms with Crippen LogP contribution in [0.15, 0.2) is 0 Å². The molecule has 0 aromatic carbocycles. The first kappa shape index (κ1) is 41.9. The third-order valence-corrected chi connectivity index (χ3v) is 7.43. The smallest absolute Gasteiger partial charge is 0.326 e. The van der Waals surface area contributed by atoms with E-state index in [0.29, 0.717) is 18.6 Å². The number of thiol groups is 1. The van der Waals surface area contributed by atoms with Gasteiger partial charge in [-0.25, -0.2) is 4.79 Å². The monoisotopic (exact) mass is 681 g/mol. The lowest BCUT2D eigenvalue weighted by atomic mass is 10.0. The highest BCUT2D eigenvalue weighted by Gasteiger charge is 2.33. The molecule has 45 heavy (non-hydrogen) atoms. The normalized spacial score (nSPS) is 15.0. The number of aliphatic carboxylic acids is 2. The molecule has 0 aliphatic heterocycles. The lowest BCUT2D eigenvalue weighted by Gasteiger charge is -2.26. The van der Waals surface area contributed by atoms with Gasteiger partial charge in [-0.15, -0.1) is 0 Å². The van der Waals surface area contributed by atoms with E-state index < -0.39 is 96.7 Å². The van der Waals surface area contributed by atoms with Gasteiger partial charge in [0.05, 0.1) is 19.1 Å². The molecule has 0 heterocycles. The fourth-order valence-corrected chi connectivity index (χ4v) is 4.52. The highest BCUT2D eigenvalue weighted by Crippen LogP contribution is 2.06. The fraction of sp³-hybridized carbons (Fsp3) is 0.731. The number of hydrogen-bond donors (Lipinski definition) is 11. The van der Waals surface area contributed by atoms with Crippen LogP contribution in [0.2, 0.25) is 0 Å². The first-order chi connectivity index (χ1) is 21.1. The van der Waals surface area contributed by atoms with Crippen LogP contribution < -0.4 is 38.1 Å². The molecule has 0 saturated heterocycles. The van der Waals surface area contributed by atoms with Gasteiger partial charge in [0.2, 0.25) is 29.5 Å². The van der Waals surface area contributed by atoms with E-state index >= 15 is 0 Å². The summed E-state index contributed by atoms with van der Waals surface area (Å²) in [5, 5.41) is 39.9. The molecule has 0 aliphatic rings. The van der Waals surface area contributed by atoms with Crippen LogP contribution in [0.25, 0.3) is 0 Å². The number of nitrogens with one attached hydrogen (secondary N) is 5. The van der Waals surface area contributed by atoms with E-state index in [0.717, 1.165) is 0 Å². The molecule has 17 nitrogen and oxygen atoms in total. The van der Waals surface area contributed by atoms with Crippen LogP contribution >= 0.6 is 24.4 Å². The summed E-state index contributed by atoms with van der Waals surface area (Å²) in [6, 6.07) is -8.07. The number of unbranched alkanes of at least 4 members (excludes halogenated alkanes) is 1. The topological polar surface area (TPSA) is 292 Å². The van der Waals surface area contributed by atoms with Gasteiger partial charge < -0.3 is 53.4 Å². The number of carbonyl (C=O) groups excluding carboxylic acids is 5. The Hall–Kier alpha value is -3.13. The van der Waals surface area contributed by atoms with Crippen LogP contribution in [-0.4, -0.2) is 124 Å². The maximum atomic E-state index is 13.2. The molecule has 0 rings (SSSR count). The highest BCUT2D eigenvalue weighted by molar-refractivity contribution is 7.98. The van der Waals surface area contributed by atoms with Gasteiger partial charge in [0.15, 0.2) is 0 Å². The molecular formula is C26H47N7O10S2. The third kappa shape index (κ3) is 16.1. The van der Waals surface area contributed by atoms with Crippen molar-refractivity contribution in [1.29, 1.82) is 0 Å². The van der Waals surface area contributed by atoms with E-state index in [1.165, 1.54) is 11.8 Å². The molecule has 0 radical (unpaired) electrons. The first-order valence-electron chi connectivity index (χ1n) is 14.3. The Labute approximate surface area is 271 Å². The van der Waals surface area contributed by atoms with Gasteiger partial charge in [-0.2, -0.15) is 24.4 Å². The summed E-state index contributed by atoms with van der Waals surface area (Å²) in [7, 11) is 0. The minimum atomic E-state index is -1.56. The van der Waals surface area contributed by atoms with Crippen LogP contribution in [0.4, 0.5) is 0 Å². The number of aliphatic hydroxyl groups excluding tert-OH is 1. The summed E-state index contributed by atoms with van der Waals surface area (Å²) in [6.45, 7) is 2.51. The number of rotatable bonds is 23. The second-order valence-electron chi connectivity index (χ2n) is 10.4. The number of amides is 5. The summed E-state index contributed by atoms with van der Waals surface area (Å²) in [5.41, 5.74) is 11.4. The third-order valence-electron chi connectivity index (χ3n) is 6.42. The minimum absolute atomic E-state index is 0.0319. The number of carboxylic acids is 2. The van der Waals surface area contributed by atoms with Crippen molar-refractivity contribution in [3.8, 4) is 0 Å². The predicted molar refractivity (Wildman–Crippen MR) is 169 cm³/mol. The fourth-order valence-electron chi connectivity index (χ4n) is 3.77. The standard InChI is InChI=1S/C26H47N7O10S2/c1-13(2)20(26(42)43)33-24(40)17(11-34)31-25(41)18(12-44)32-22(38)15(6-4-5-8-27)29-23(39)16(10-19(35)36)30-21(37)14(28)7-9-45-3/h13-18,20,34,44H,4-12,27-28H2,1-3H3,(H,29,39)(H,30,37)(H,31,41)(H,32,38)(H,33,40)(H,35,36)(H,42,43)/t14-,15-,16-,17-,18-,20-/m0/s1. The molecule has 0 fully saturated rings. The van der Waals surface area contributed by atoms with Crippen molar-refractivity contribution in [3.05, 3.63) is 0 Å². The number of hydrogen-bond acceptors (Lipinski definition) is 12. The van der Waals surface area contributed by atoms with E-state index in [1.807, 2.05) is 6.26 Å². The van der Waals surface area contributed by atoms with Gasteiger partial charge >= 0.3 is 11.9 Å². The molecule has 0 aromatic rings. The summed E-state index contributed by atoms with van der Waals surface area (Å²) in [5.74, 6) is -7.42. The van der Waals surface area contributed by atoms with Crippen LogP contribution in [0.1, 0.15) is 46.0 Å². The van der Waals surface area contributed by atoms with E-state index in [9.17, 15) is 48.9 Å². The Morgan fingerprint density at radius 3 is 1.76 bits per heavy atom. The maximum absolute atomic E-state index is 13.2. The summed E-state index contributed by atoms with van der Waals surface area (Å²) < 4.78 is 0. The Morgan fingerprint density at radius 2 is 1.27 bits per heavy atom. The van der Waals surface area contributed by atoms with Crippen molar-refractivity contribution >= 4 is 65.9 Å². The van der Waals surface area contributed by atoms with Crippen molar-refractivity contribution in [3.63, 3.8) is 0 Å². The van der Waals surface area contributed by atoms with Gasteiger partial charge in [0.1, 0.15) is 30.2 Å². The van der Waals surface area contributed by atoms with Gasteiger partial charge in [0, 0.05) is 5.75 Å². The van der Waals surface area contributed by atoms with Crippen LogP contribution in [0, 0.1) is 5.92 Å². The van der Waals surface area contributed by atoms with Crippen LogP contribution in [0.5, 0.6) is 0 Å². The molecular weight excluding hydrogens is 634 g/mol. The zero-order valence-corrected chi connectivity index (χ0v) is 27.3. The number of thioether (sulfide) groups is 1. The average Bonchev–Trinajstić information content (AvgIpc) is 2.97. The summed E-state index contributed by atoms with van der Waals surface area (Å²) in [6.07, 6.45) is 2.16. The number of carbonyl (C=O) groups is 7. The number of nitrogens with two attached hydrogens (primary N) is 2. The largest absolute Gasteiger partial charge is 0.481 e. The van der Waals surface area contributed by atoms with E-state index in [1.54, 1.807) is 13.8 Å². The van der Waals surface area contributed by atoms with E-state index in [2.05, 4.69) is 39.2 Å². The van der Waals surface area contributed by atoms with E-state index in [-0.39, 0.29) is 25.1 Å². The molecule has 0 spiro atoms. The second-order valence-corrected chi connectivity index (χ2v) is 11.8. The Morgan fingerprint density at radius 1 is 0.756 bits per heavy atom. The lowest BCUT2D eigenvalue weighted by molar-refractivity contribution is -0.144. The SMILES string of the molecule is CSCC[C@H](N)C(=O)N[C@@H](CC(=O)O)C(=O)N[C@@H](CCCCN)C(=O)N[C@@H](CS)C(=O)N[C@@H](CO)C(=O)N[C@H](C(=O)O)C(C)C. The van der Waals surface area contributed by atoms with E-state index in [4.69, 9.17) is 11.5 Å². The van der Waals surface area contributed by atoms with Crippen molar-refractivity contribution in [2.24, 2.45) is 17.4 Å². The van der Waals surface area contributed by atoms with Crippen molar-refractivity contribution in [2.75, 3.05) is 30.9 Å². The highest BCUT2D eigenvalue weighted by atomic mass is 32.2. The Kier molecular flexibility index (Phi) is 20.8. The minimum Gasteiger partial charge on any atom is -0.481 e. The van der Waals surface area contributed by atoms with Crippen molar-refractivity contribution < 1.29 is 48.9 Å². The second kappa shape index (κ2) is 22.4. The van der Waals surface area contributed by atoms with Crippen LogP contribution in [-0.2, 0) is 33.6 Å². The molecule has 19 heteroatoms.